The molecule has 0 saturated carbocycles. The molecule has 4 heteroatoms. The zero-order valence-electron chi connectivity index (χ0n) is 11.7. The summed E-state index contributed by atoms with van der Waals surface area (Å²) in [5, 5.41) is 3.51. The summed E-state index contributed by atoms with van der Waals surface area (Å²) < 4.78 is 27.4. The first-order valence-corrected chi connectivity index (χ1v) is 7.83. The van der Waals surface area contributed by atoms with Gasteiger partial charge in [-0.2, -0.15) is 0 Å². The molecular weight excluding hydrogens is 336 g/mol. The summed E-state index contributed by atoms with van der Waals surface area (Å²) in [6.45, 7) is 1.98. The molecule has 0 aliphatic heterocycles. The van der Waals surface area contributed by atoms with Gasteiger partial charge >= 0.3 is 0 Å². The topological polar surface area (TPSA) is 12.0 Å². The standard InChI is InChI=1S/C17H16BrF2N/c1-10(11-2-6-15(19)16(20)9-11)21-17-7-3-12-8-13(18)4-5-14(12)17/h2,4-6,8-10,17,21H,3,7H2,1H3. The SMILES string of the molecule is CC(NC1CCc2cc(Br)ccc21)c1ccc(F)c(F)c1. The first-order chi connectivity index (χ1) is 10.0. The number of aryl methyl sites for hydroxylation is 1. The zero-order valence-corrected chi connectivity index (χ0v) is 13.3. The van der Waals surface area contributed by atoms with E-state index in [0.717, 1.165) is 22.9 Å². The van der Waals surface area contributed by atoms with E-state index < -0.39 is 11.6 Å². The summed E-state index contributed by atoms with van der Waals surface area (Å²) in [4.78, 5) is 0. The van der Waals surface area contributed by atoms with Crippen molar-refractivity contribution >= 4 is 15.9 Å². The fraction of sp³-hybridized carbons (Fsp3) is 0.294. The Morgan fingerprint density at radius 2 is 1.95 bits per heavy atom. The summed E-state index contributed by atoms with van der Waals surface area (Å²) in [5.41, 5.74) is 3.41. The van der Waals surface area contributed by atoms with Crippen molar-refractivity contribution in [1.29, 1.82) is 0 Å². The average Bonchev–Trinajstić information content (AvgIpc) is 2.84. The van der Waals surface area contributed by atoms with Crippen molar-refractivity contribution in [1.82, 2.24) is 5.32 Å². The van der Waals surface area contributed by atoms with E-state index in [4.69, 9.17) is 0 Å². The van der Waals surface area contributed by atoms with Crippen molar-refractivity contribution in [3.8, 4) is 0 Å². The Morgan fingerprint density at radius 1 is 1.14 bits per heavy atom. The van der Waals surface area contributed by atoms with Crippen LogP contribution in [-0.2, 0) is 6.42 Å². The van der Waals surface area contributed by atoms with Gasteiger partial charge in [0.15, 0.2) is 11.6 Å². The summed E-state index contributed by atoms with van der Waals surface area (Å²) in [5.74, 6) is -1.60. The quantitative estimate of drug-likeness (QED) is 0.814. The van der Waals surface area contributed by atoms with Gasteiger partial charge in [-0.15, -0.1) is 0 Å². The van der Waals surface area contributed by atoms with Crippen LogP contribution in [0, 0.1) is 11.6 Å². The Bertz CT molecular complexity index is 672. The van der Waals surface area contributed by atoms with E-state index >= 15 is 0 Å². The average molecular weight is 352 g/mol. The maximum atomic E-state index is 13.3. The van der Waals surface area contributed by atoms with Gasteiger partial charge in [-0.25, -0.2) is 8.78 Å². The molecule has 0 radical (unpaired) electrons. The van der Waals surface area contributed by atoms with Gasteiger partial charge in [-0.3, -0.25) is 0 Å². The van der Waals surface area contributed by atoms with E-state index in [0.29, 0.717) is 0 Å². The minimum Gasteiger partial charge on any atom is -0.303 e. The van der Waals surface area contributed by atoms with Crippen molar-refractivity contribution in [3.05, 3.63) is 69.2 Å². The summed E-state index contributed by atoms with van der Waals surface area (Å²) in [6.07, 6.45) is 2.07. The molecule has 0 bridgehead atoms. The number of fused-ring (bicyclic) bond motifs is 1. The highest BCUT2D eigenvalue weighted by Crippen LogP contribution is 2.34. The molecule has 0 aromatic heterocycles. The second-order valence-electron chi connectivity index (χ2n) is 5.50. The summed E-state index contributed by atoms with van der Waals surface area (Å²) >= 11 is 3.49. The Hall–Kier alpha value is -1.26. The van der Waals surface area contributed by atoms with Crippen LogP contribution >= 0.6 is 15.9 Å². The molecule has 2 atom stereocenters. The van der Waals surface area contributed by atoms with Gasteiger partial charge in [-0.05, 0) is 60.7 Å². The lowest BCUT2D eigenvalue weighted by atomic mass is 10.0. The molecular formula is C17H16BrF2N. The molecule has 2 aromatic carbocycles. The van der Waals surface area contributed by atoms with Gasteiger partial charge in [0.05, 0.1) is 0 Å². The fourth-order valence-electron chi connectivity index (χ4n) is 2.94. The molecule has 1 aliphatic rings. The highest BCUT2D eigenvalue weighted by atomic mass is 79.9. The first kappa shape index (κ1) is 14.7. The Morgan fingerprint density at radius 3 is 2.71 bits per heavy atom. The fourth-order valence-corrected chi connectivity index (χ4v) is 3.35. The maximum absolute atomic E-state index is 13.3. The van der Waals surface area contributed by atoms with Gasteiger partial charge in [0.2, 0.25) is 0 Å². The van der Waals surface area contributed by atoms with Crippen LogP contribution in [0.25, 0.3) is 0 Å². The van der Waals surface area contributed by atoms with Gasteiger partial charge < -0.3 is 5.32 Å². The Kier molecular flexibility index (Phi) is 4.09. The smallest absolute Gasteiger partial charge is 0.159 e. The molecule has 0 amide bonds. The van der Waals surface area contributed by atoms with Crippen LogP contribution in [0.15, 0.2) is 40.9 Å². The lowest BCUT2D eigenvalue weighted by Gasteiger charge is -2.21. The minimum atomic E-state index is -0.804. The number of rotatable bonds is 3. The van der Waals surface area contributed by atoms with Crippen molar-refractivity contribution in [2.75, 3.05) is 0 Å². The third kappa shape index (κ3) is 3.01. The van der Waals surface area contributed by atoms with Crippen molar-refractivity contribution in [2.45, 2.75) is 31.8 Å². The maximum Gasteiger partial charge on any atom is 0.159 e. The molecule has 21 heavy (non-hydrogen) atoms. The monoisotopic (exact) mass is 351 g/mol. The van der Waals surface area contributed by atoms with Crippen LogP contribution in [0.3, 0.4) is 0 Å². The zero-order chi connectivity index (χ0) is 15.0. The summed E-state index contributed by atoms with van der Waals surface area (Å²) in [6, 6.07) is 10.6. The van der Waals surface area contributed by atoms with Crippen LogP contribution in [0.5, 0.6) is 0 Å². The molecule has 110 valence electrons. The van der Waals surface area contributed by atoms with Crippen LogP contribution in [0.1, 0.15) is 42.1 Å². The van der Waals surface area contributed by atoms with E-state index in [9.17, 15) is 8.78 Å². The number of halogens is 3. The largest absolute Gasteiger partial charge is 0.303 e. The molecule has 1 nitrogen and oxygen atoms in total. The number of nitrogens with one attached hydrogen (secondary N) is 1. The Labute approximate surface area is 131 Å². The lowest BCUT2D eigenvalue weighted by Crippen LogP contribution is -2.23. The van der Waals surface area contributed by atoms with Crippen molar-refractivity contribution in [2.24, 2.45) is 0 Å². The first-order valence-electron chi connectivity index (χ1n) is 7.04. The molecule has 2 unspecified atom stereocenters. The highest BCUT2D eigenvalue weighted by Gasteiger charge is 2.24. The number of benzene rings is 2. The van der Waals surface area contributed by atoms with E-state index in [1.165, 1.54) is 23.3 Å². The predicted molar refractivity (Wildman–Crippen MR) is 83.1 cm³/mol. The predicted octanol–water partition coefficient (Wildman–Crippen LogP) is 5.07. The van der Waals surface area contributed by atoms with Crippen LogP contribution in [0.4, 0.5) is 8.78 Å². The summed E-state index contributed by atoms with van der Waals surface area (Å²) in [7, 11) is 0. The molecule has 2 aromatic rings. The van der Waals surface area contributed by atoms with Gasteiger partial charge in [-0.1, -0.05) is 28.1 Å². The van der Waals surface area contributed by atoms with Gasteiger partial charge in [0, 0.05) is 16.6 Å². The normalized spacial score (nSPS) is 18.6. The van der Waals surface area contributed by atoms with Crippen LogP contribution in [0.2, 0.25) is 0 Å². The minimum absolute atomic E-state index is 0.0281. The van der Waals surface area contributed by atoms with E-state index in [1.807, 2.05) is 13.0 Å². The molecule has 1 aliphatic carbocycles. The van der Waals surface area contributed by atoms with E-state index in [1.54, 1.807) is 6.07 Å². The number of hydrogen-bond acceptors (Lipinski definition) is 1. The van der Waals surface area contributed by atoms with Crippen LogP contribution < -0.4 is 5.32 Å². The molecule has 0 heterocycles. The van der Waals surface area contributed by atoms with Gasteiger partial charge in [0.25, 0.3) is 0 Å². The van der Waals surface area contributed by atoms with Gasteiger partial charge in [0.1, 0.15) is 0 Å². The molecule has 0 saturated heterocycles. The van der Waals surface area contributed by atoms with E-state index in [2.05, 4.69) is 33.4 Å². The molecule has 0 fully saturated rings. The molecule has 0 spiro atoms. The molecule has 3 rings (SSSR count). The lowest BCUT2D eigenvalue weighted by molar-refractivity contribution is 0.458. The van der Waals surface area contributed by atoms with Crippen molar-refractivity contribution in [3.63, 3.8) is 0 Å². The van der Waals surface area contributed by atoms with E-state index in [-0.39, 0.29) is 12.1 Å². The molecule has 1 N–H and O–H groups in total. The Balaban J connectivity index is 1.77. The number of hydrogen-bond donors (Lipinski definition) is 1. The van der Waals surface area contributed by atoms with Crippen molar-refractivity contribution < 1.29 is 8.78 Å². The van der Waals surface area contributed by atoms with Crippen LogP contribution in [-0.4, -0.2) is 0 Å². The third-order valence-corrected chi connectivity index (χ3v) is 4.57. The highest BCUT2D eigenvalue weighted by molar-refractivity contribution is 9.10. The second kappa shape index (κ2) is 5.85. The third-order valence-electron chi connectivity index (χ3n) is 4.08. The second-order valence-corrected chi connectivity index (χ2v) is 6.41.